The van der Waals surface area contributed by atoms with E-state index in [2.05, 4.69) is 13.8 Å². The van der Waals surface area contributed by atoms with Crippen LogP contribution in [0.25, 0.3) is 0 Å². The number of rotatable bonds is 7. The summed E-state index contributed by atoms with van der Waals surface area (Å²) in [4.78, 5) is 0.324. The van der Waals surface area contributed by atoms with Gasteiger partial charge in [-0.15, -0.1) is 0 Å². The maximum atomic E-state index is 12.8. The monoisotopic (exact) mass is 298 g/mol. The van der Waals surface area contributed by atoms with Crippen LogP contribution in [-0.2, 0) is 10.0 Å². The summed E-state index contributed by atoms with van der Waals surface area (Å²) in [5.74, 6) is 0.395. The average Bonchev–Trinajstić information content (AvgIpc) is 2.42. The first-order chi connectivity index (χ1) is 9.38. The standard InChI is InChI=1S/C15H26N2O2S/c1-5-13(6-2)11-17(7-3)20(18,19)15-10-8-9-14(16)12(15)4/h8-10,13H,5-7,11,16H2,1-4H3. The number of nitrogen functional groups attached to an aromatic ring is 1. The molecule has 4 nitrogen and oxygen atoms in total. The van der Waals surface area contributed by atoms with Gasteiger partial charge in [-0.2, -0.15) is 4.31 Å². The summed E-state index contributed by atoms with van der Waals surface area (Å²) in [5.41, 5.74) is 6.98. The van der Waals surface area contributed by atoms with Crippen LogP contribution in [0.2, 0.25) is 0 Å². The molecule has 114 valence electrons. The van der Waals surface area contributed by atoms with Gasteiger partial charge in [0.2, 0.25) is 10.0 Å². The van der Waals surface area contributed by atoms with Gasteiger partial charge in [0, 0.05) is 18.8 Å². The van der Waals surface area contributed by atoms with Crippen molar-refractivity contribution in [2.45, 2.75) is 45.4 Å². The molecule has 20 heavy (non-hydrogen) atoms. The molecule has 0 aromatic heterocycles. The highest BCUT2D eigenvalue weighted by atomic mass is 32.2. The van der Waals surface area contributed by atoms with E-state index in [1.807, 2.05) is 6.92 Å². The topological polar surface area (TPSA) is 63.4 Å². The van der Waals surface area contributed by atoms with E-state index in [0.717, 1.165) is 12.8 Å². The van der Waals surface area contributed by atoms with Gasteiger partial charge in [0.15, 0.2) is 0 Å². The highest BCUT2D eigenvalue weighted by Crippen LogP contribution is 2.25. The van der Waals surface area contributed by atoms with Gasteiger partial charge in [0.05, 0.1) is 4.90 Å². The summed E-state index contributed by atoms with van der Waals surface area (Å²) in [6.45, 7) is 8.88. The lowest BCUT2D eigenvalue weighted by Crippen LogP contribution is -2.35. The molecule has 0 aliphatic carbocycles. The zero-order chi connectivity index (χ0) is 15.3. The Morgan fingerprint density at radius 1 is 1.20 bits per heavy atom. The number of nitrogens with two attached hydrogens (primary N) is 1. The summed E-state index contributed by atoms with van der Waals surface area (Å²) in [6.07, 6.45) is 1.97. The molecule has 0 unspecified atom stereocenters. The molecular weight excluding hydrogens is 272 g/mol. The average molecular weight is 298 g/mol. The van der Waals surface area contributed by atoms with Gasteiger partial charge < -0.3 is 5.73 Å². The first-order valence-corrected chi connectivity index (χ1v) is 8.67. The molecule has 2 N–H and O–H groups in total. The molecule has 0 bridgehead atoms. The molecule has 1 rings (SSSR count). The van der Waals surface area contributed by atoms with Gasteiger partial charge >= 0.3 is 0 Å². The van der Waals surface area contributed by atoms with E-state index in [-0.39, 0.29) is 0 Å². The predicted octanol–water partition coefficient (Wildman–Crippen LogP) is 3.02. The molecule has 0 fully saturated rings. The predicted molar refractivity (Wildman–Crippen MR) is 84.1 cm³/mol. The second-order valence-corrected chi connectivity index (χ2v) is 7.01. The normalized spacial score (nSPS) is 12.3. The first-order valence-electron chi connectivity index (χ1n) is 7.23. The minimum Gasteiger partial charge on any atom is -0.398 e. The minimum absolute atomic E-state index is 0.324. The molecule has 0 saturated carbocycles. The molecule has 0 saturated heterocycles. The molecule has 0 spiro atoms. The fourth-order valence-electron chi connectivity index (χ4n) is 2.28. The molecular formula is C15H26N2O2S. The minimum atomic E-state index is -3.47. The van der Waals surface area contributed by atoms with Gasteiger partial charge in [-0.25, -0.2) is 8.42 Å². The number of sulfonamides is 1. The fraction of sp³-hybridized carbons (Fsp3) is 0.600. The molecule has 0 heterocycles. The van der Waals surface area contributed by atoms with E-state index in [4.69, 9.17) is 5.73 Å². The van der Waals surface area contributed by atoms with Crippen molar-refractivity contribution in [1.82, 2.24) is 4.31 Å². The van der Waals surface area contributed by atoms with Crippen molar-refractivity contribution in [3.63, 3.8) is 0 Å². The number of nitrogens with zero attached hydrogens (tertiary/aromatic N) is 1. The summed E-state index contributed by atoms with van der Waals surface area (Å²) >= 11 is 0. The maximum Gasteiger partial charge on any atom is 0.243 e. The van der Waals surface area contributed by atoms with Crippen LogP contribution in [-0.4, -0.2) is 25.8 Å². The Balaban J connectivity index is 3.15. The Labute approximate surface area is 123 Å². The van der Waals surface area contributed by atoms with Crippen molar-refractivity contribution < 1.29 is 8.42 Å². The van der Waals surface area contributed by atoms with E-state index in [9.17, 15) is 8.42 Å². The second-order valence-electron chi connectivity index (χ2n) is 5.11. The lowest BCUT2D eigenvalue weighted by molar-refractivity contribution is 0.339. The largest absolute Gasteiger partial charge is 0.398 e. The van der Waals surface area contributed by atoms with Gasteiger partial charge in [0.25, 0.3) is 0 Å². The Kier molecular flexibility index (Phi) is 6.02. The quantitative estimate of drug-likeness (QED) is 0.787. The number of anilines is 1. The smallest absolute Gasteiger partial charge is 0.243 e. The Hall–Kier alpha value is -1.07. The van der Waals surface area contributed by atoms with E-state index < -0.39 is 10.0 Å². The van der Waals surface area contributed by atoms with E-state index in [1.54, 1.807) is 29.4 Å². The van der Waals surface area contributed by atoms with Gasteiger partial charge in [-0.3, -0.25) is 0 Å². The third-order valence-electron chi connectivity index (χ3n) is 3.91. The number of benzene rings is 1. The molecule has 0 amide bonds. The summed E-state index contributed by atoms with van der Waals surface area (Å²) in [6, 6.07) is 5.06. The zero-order valence-corrected chi connectivity index (χ0v) is 13.7. The molecule has 0 aliphatic heterocycles. The second kappa shape index (κ2) is 7.09. The van der Waals surface area contributed by atoms with Crippen molar-refractivity contribution in [1.29, 1.82) is 0 Å². The molecule has 0 atom stereocenters. The summed E-state index contributed by atoms with van der Waals surface area (Å²) in [5, 5.41) is 0. The SMILES string of the molecule is CCC(CC)CN(CC)S(=O)(=O)c1cccc(N)c1C. The van der Waals surface area contributed by atoms with Crippen LogP contribution in [0.4, 0.5) is 5.69 Å². The van der Waals surface area contributed by atoms with Crippen LogP contribution in [0.3, 0.4) is 0 Å². The van der Waals surface area contributed by atoms with E-state index >= 15 is 0 Å². The molecule has 1 aromatic rings. The molecule has 1 aromatic carbocycles. The van der Waals surface area contributed by atoms with Crippen LogP contribution in [0.1, 0.15) is 39.2 Å². The van der Waals surface area contributed by atoms with Gasteiger partial charge in [-0.1, -0.05) is 39.7 Å². The highest BCUT2D eigenvalue weighted by Gasteiger charge is 2.26. The van der Waals surface area contributed by atoms with E-state index in [0.29, 0.717) is 35.2 Å². The van der Waals surface area contributed by atoms with Gasteiger partial charge in [0.1, 0.15) is 0 Å². The van der Waals surface area contributed by atoms with Gasteiger partial charge in [-0.05, 0) is 30.5 Å². The Morgan fingerprint density at radius 3 is 2.30 bits per heavy atom. The zero-order valence-electron chi connectivity index (χ0n) is 12.9. The van der Waals surface area contributed by atoms with Crippen molar-refractivity contribution in [2.75, 3.05) is 18.8 Å². The molecule has 5 heteroatoms. The number of hydrogen-bond acceptors (Lipinski definition) is 3. The van der Waals surface area contributed by atoms with Crippen molar-refractivity contribution in [3.8, 4) is 0 Å². The Morgan fingerprint density at radius 2 is 1.80 bits per heavy atom. The van der Waals surface area contributed by atoms with Crippen molar-refractivity contribution in [2.24, 2.45) is 5.92 Å². The third kappa shape index (κ3) is 3.52. The first kappa shape index (κ1) is 17.0. The number of hydrogen-bond donors (Lipinski definition) is 1. The lowest BCUT2D eigenvalue weighted by atomic mass is 10.0. The third-order valence-corrected chi connectivity index (χ3v) is 6.00. The molecule has 0 radical (unpaired) electrons. The van der Waals surface area contributed by atoms with E-state index in [1.165, 1.54) is 0 Å². The van der Waals surface area contributed by atoms with Crippen LogP contribution >= 0.6 is 0 Å². The van der Waals surface area contributed by atoms with Crippen LogP contribution in [0.15, 0.2) is 23.1 Å². The van der Waals surface area contributed by atoms with Crippen LogP contribution in [0, 0.1) is 12.8 Å². The maximum absolute atomic E-state index is 12.8. The fourth-order valence-corrected chi connectivity index (χ4v) is 4.06. The summed E-state index contributed by atoms with van der Waals surface area (Å²) in [7, 11) is -3.47. The molecule has 0 aliphatic rings. The highest BCUT2D eigenvalue weighted by molar-refractivity contribution is 7.89. The van der Waals surface area contributed by atoms with Crippen molar-refractivity contribution >= 4 is 15.7 Å². The Bertz CT molecular complexity index is 537. The van der Waals surface area contributed by atoms with Crippen LogP contribution in [0.5, 0.6) is 0 Å². The summed E-state index contributed by atoms with van der Waals surface area (Å²) < 4.78 is 27.1. The lowest BCUT2D eigenvalue weighted by Gasteiger charge is -2.25. The van der Waals surface area contributed by atoms with Crippen LogP contribution < -0.4 is 5.73 Å². The van der Waals surface area contributed by atoms with Crippen molar-refractivity contribution in [3.05, 3.63) is 23.8 Å².